The van der Waals surface area contributed by atoms with Gasteiger partial charge in [-0.15, -0.1) is 0 Å². The molecule has 102 valence electrons. The van der Waals surface area contributed by atoms with Crippen molar-refractivity contribution in [2.45, 2.75) is 6.54 Å². The van der Waals surface area contributed by atoms with Gasteiger partial charge in [0.05, 0.1) is 5.69 Å². The molecule has 1 aliphatic heterocycles. The van der Waals surface area contributed by atoms with Crippen molar-refractivity contribution in [1.29, 1.82) is 0 Å². The molecule has 0 spiro atoms. The number of hydrogen-bond acceptors (Lipinski definition) is 4. The van der Waals surface area contributed by atoms with Gasteiger partial charge in [-0.2, -0.15) is 0 Å². The minimum Gasteiger partial charge on any atom is -0.364 e. The fraction of sp³-hybridized carbons (Fsp3) is 0.0588. The van der Waals surface area contributed by atoms with Crippen molar-refractivity contribution in [3.63, 3.8) is 0 Å². The highest BCUT2D eigenvalue weighted by Crippen LogP contribution is 2.36. The Morgan fingerprint density at radius 3 is 2.57 bits per heavy atom. The van der Waals surface area contributed by atoms with E-state index in [0.717, 1.165) is 35.0 Å². The van der Waals surface area contributed by atoms with Crippen LogP contribution in [0.3, 0.4) is 0 Å². The van der Waals surface area contributed by atoms with Crippen molar-refractivity contribution >= 4 is 17.2 Å². The predicted octanol–water partition coefficient (Wildman–Crippen LogP) is 3.81. The van der Waals surface area contributed by atoms with Crippen molar-refractivity contribution in [2.75, 3.05) is 10.6 Å². The molecule has 2 N–H and O–H groups in total. The molecular weight excluding hydrogens is 260 g/mol. The largest absolute Gasteiger partial charge is 0.364 e. The molecule has 1 aliphatic rings. The lowest BCUT2D eigenvalue weighted by Crippen LogP contribution is -2.01. The number of rotatable bonds is 1. The highest BCUT2D eigenvalue weighted by molar-refractivity contribution is 5.87. The van der Waals surface area contributed by atoms with Gasteiger partial charge >= 0.3 is 0 Å². The maximum atomic E-state index is 4.46. The zero-order valence-electron chi connectivity index (χ0n) is 11.4. The molecule has 0 saturated heterocycles. The SMILES string of the molecule is c1ccc(-c2ncnc3c2Nc2ccccc2CN3)cc1. The molecule has 0 unspecified atom stereocenters. The molecule has 3 aromatic rings. The van der Waals surface area contributed by atoms with Crippen LogP contribution in [0, 0.1) is 0 Å². The summed E-state index contributed by atoms with van der Waals surface area (Å²) in [7, 11) is 0. The minimum atomic E-state index is 0.751. The van der Waals surface area contributed by atoms with Crippen LogP contribution in [0.1, 0.15) is 5.56 Å². The lowest BCUT2D eigenvalue weighted by Gasteiger charge is -2.12. The fourth-order valence-electron chi connectivity index (χ4n) is 2.56. The molecule has 1 aromatic heterocycles. The number of para-hydroxylation sites is 1. The smallest absolute Gasteiger partial charge is 0.154 e. The second kappa shape index (κ2) is 4.90. The second-order valence-corrected chi connectivity index (χ2v) is 4.95. The molecule has 0 aliphatic carbocycles. The minimum absolute atomic E-state index is 0.751. The van der Waals surface area contributed by atoms with Crippen LogP contribution in [0.25, 0.3) is 11.3 Å². The molecule has 0 saturated carbocycles. The molecule has 0 radical (unpaired) electrons. The topological polar surface area (TPSA) is 49.8 Å². The summed E-state index contributed by atoms with van der Waals surface area (Å²) in [6.07, 6.45) is 1.60. The lowest BCUT2D eigenvalue weighted by molar-refractivity contribution is 1.10. The molecule has 0 amide bonds. The molecule has 21 heavy (non-hydrogen) atoms. The monoisotopic (exact) mass is 274 g/mol. The standard InChI is InChI=1S/C17H14N4/c1-2-6-12(7-3-1)15-16-17(20-11-19-15)18-10-13-8-4-5-9-14(13)21-16/h1-9,11,21H,10H2,(H,18,19,20). The zero-order chi connectivity index (χ0) is 14.1. The third kappa shape index (κ3) is 2.10. The summed E-state index contributed by atoms with van der Waals surface area (Å²) in [6.45, 7) is 0.751. The molecule has 4 heteroatoms. The first-order valence-corrected chi connectivity index (χ1v) is 6.91. The number of nitrogens with zero attached hydrogens (tertiary/aromatic N) is 2. The maximum Gasteiger partial charge on any atom is 0.154 e. The van der Waals surface area contributed by atoms with Crippen molar-refractivity contribution in [2.24, 2.45) is 0 Å². The van der Waals surface area contributed by atoms with Gasteiger partial charge in [0.2, 0.25) is 0 Å². The molecule has 0 bridgehead atoms. The van der Waals surface area contributed by atoms with E-state index in [1.165, 1.54) is 5.56 Å². The van der Waals surface area contributed by atoms with Gasteiger partial charge in [0.1, 0.15) is 12.0 Å². The number of hydrogen-bond donors (Lipinski definition) is 2. The zero-order valence-corrected chi connectivity index (χ0v) is 11.4. The predicted molar refractivity (Wildman–Crippen MR) is 84.5 cm³/mol. The normalized spacial score (nSPS) is 12.4. The van der Waals surface area contributed by atoms with Crippen LogP contribution in [0.2, 0.25) is 0 Å². The fourth-order valence-corrected chi connectivity index (χ4v) is 2.56. The molecule has 2 heterocycles. The number of aromatic nitrogens is 2. The van der Waals surface area contributed by atoms with Crippen molar-refractivity contribution in [3.8, 4) is 11.3 Å². The van der Waals surface area contributed by atoms with E-state index < -0.39 is 0 Å². The quantitative estimate of drug-likeness (QED) is 0.708. The summed E-state index contributed by atoms with van der Waals surface area (Å²) >= 11 is 0. The van der Waals surface area contributed by atoms with Crippen molar-refractivity contribution in [3.05, 3.63) is 66.5 Å². The maximum absolute atomic E-state index is 4.46. The van der Waals surface area contributed by atoms with Gasteiger partial charge in [0.25, 0.3) is 0 Å². The lowest BCUT2D eigenvalue weighted by atomic mass is 10.1. The summed E-state index contributed by atoms with van der Waals surface area (Å²) < 4.78 is 0. The van der Waals surface area contributed by atoms with Gasteiger partial charge < -0.3 is 10.6 Å². The Morgan fingerprint density at radius 1 is 0.857 bits per heavy atom. The summed E-state index contributed by atoms with van der Waals surface area (Å²) in [5.41, 5.74) is 5.22. The van der Waals surface area contributed by atoms with Crippen LogP contribution in [-0.2, 0) is 6.54 Å². The number of anilines is 3. The van der Waals surface area contributed by atoms with Crippen LogP contribution < -0.4 is 10.6 Å². The first-order valence-electron chi connectivity index (χ1n) is 6.91. The van der Waals surface area contributed by atoms with Gasteiger partial charge in [-0.25, -0.2) is 9.97 Å². The van der Waals surface area contributed by atoms with Crippen LogP contribution in [0.5, 0.6) is 0 Å². The average Bonchev–Trinajstić information content (AvgIpc) is 2.74. The van der Waals surface area contributed by atoms with Gasteiger partial charge in [-0.05, 0) is 11.6 Å². The van der Waals surface area contributed by atoms with E-state index in [4.69, 9.17) is 0 Å². The van der Waals surface area contributed by atoms with E-state index in [2.05, 4.69) is 44.9 Å². The van der Waals surface area contributed by atoms with Crippen LogP contribution in [-0.4, -0.2) is 9.97 Å². The van der Waals surface area contributed by atoms with Crippen molar-refractivity contribution < 1.29 is 0 Å². The molecule has 4 rings (SSSR count). The highest BCUT2D eigenvalue weighted by atomic mass is 15.1. The second-order valence-electron chi connectivity index (χ2n) is 4.95. The molecule has 4 nitrogen and oxygen atoms in total. The Morgan fingerprint density at radius 2 is 1.67 bits per heavy atom. The van der Waals surface area contributed by atoms with E-state index in [0.29, 0.717) is 0 Å². The van der Waals surface area contributed by atoms with E-state index >= 15 is 0 Å². The van der Waals surface area contributed by atoms with Crippen molar-refractivity contribution in [1.82, 2.24) is 9.97 Å². The number of fused-ring (bicyclic) bond motifs is 2. The summed E-state index contributed by atoms with van der Waals surface area (Å²) in [6, 6.07) is 18.4. The third-order valence-corrected chi connectivity index (χ3v) is 3.62. The van der Waals surface area contributed by atoms with Gasteiger partial charge in [0, 0.05) is 17.8 Å². The van der Waals surface area contributed by atoms with E-state index in [-0.39, 0.29) is 0 Å². The Labute approximate surface area is 122 Å². The van der Waals surface area contributed by atoms with E-state index in [9.17, 15) is 0 Å². The summed E-state index contributed by atoms with van der Waals surface area (Å²) in [5.74, 6) is 0.833. The first-order chi connectivity index (χ1) is 10.4. The third-order valence-electron chi connectivity index (χ3n) is 3.62. The summed E-state index contributed by atoms with van der Waals surface area (Å²) in [5, 5.41) is 6.86. The molecule has 2 aromatic carbocycles. The molecule has 0 atom stereocenters. The number of nitrogens with one attached hydrogen (secondary N) is 2. The van der Waals surface area contributed by atoms with E-state index in [1.54, 1.807) is 6.33 Å². The Bertz CT molecular complexity index is 784. The summed E-state index contributed by atoms with van der Waals surface area (Å²) in [4.78, 5) is 8.83. The van der Waals surface area contributed by atoms with Crippen LogP contribution >= 0.6 is 0 Å². The average molecular weight is 274 g/mol. The first kappa shape index (κ1) is 11.9. The van der Waals surface area contributed by atoms with Gasteiger partial charge in [0.15, 0.2) is 5.82 Å². The Kier molecular flexibility index (Phi) is 2.78. The Hall–Kier alpha value is -2.88. The molecule has 0 fully saturated rings. The van der Waals surface area contributed by atoms with Crippen LogP contribution in [0.15, 0.2) is 60.9 Å². The van der Waals surface area contributed by atoms with Gasteiger partial charge in [-0.3, -0.25) is 0 Å². The Balaban J connectivity index is 1.88. The number of benzene rings is 2. The van der Waals surface area contributed by atoms with Crippen LogP contribution in [0.4, 0.5) is 17.2 Å². The van der Waals surface area contributed by atoms with Gasteiger partial charge in [-0.1, -0.05) is 48.5 Å². The molecular formula is C17H14N4. The van der Waals surface area contributed by atoms with E-state index in [1.807, 2.05) is 30.3 Å². The highest BCUT2D eigenvalue weighted by Gasteiger charge is 2.17.